The lowest BCUT2D eigenvalue weighted by molar-refractivity contribution is -0.141. The number of hydrogen-bond acceptors (Lipinski definition) is 6. The van der Waals surface area contributed by atoms with E-state index in [1.807, 2.05) is 0 Å². The number of hydrogen-bond donors (Lipinski definition) is 0. The van der Waals surface area contributed by atoms with Gasteiger partial charge in [0, 0.05) is 38.3 Å². The minimum atomic E-state index is 0.316. The molecule has 5 fully saturated rings. The van der Waals surface area contributed by atoms with Gasteiger partial charge in [0.05, 0.1) is 6.20 Å². The van der Waals surface area contributed by atoms with Crippen molar-refractivity contribution in [3.05, 3.63) is 24.5 Å². The van der Waals surface area contributed by atoms with E-state index >= 15 is 0 Å². The molecule has 31 heavy (non-hydrogen) atoms. The van der Waals surface area contributed by atoms with Crippen LogP contribution in [-0.4, -0.2) is 44.0 Å². The SMILES string of the molecule is O=C(CC12CC3CC(CC(C3)C1)C2)N1CCCC(Cc2nc(-c3cnccn3)no2)C1. The Bertz CT molecular complexity index is 907. The summed E-state index contributed by atoms with van der Waals surface area (Å²) in [6.07, 6.45) is 16.7. The number of nitrogens with zero attached hydrogens (tertiary/aromatic N) is 5. The van der Waals surface area contributed by atoms with Gasteiger partial charge in [0.1, 0.15) is 5.69 Å². The molecule has 2 aromatic heterocycles. The van der Waals surface area contributed by atoms with Crippen LogP contribution in [0, 0.1) is 29.1 Å². The monoisotopic (exact) mass is 421 g/mol. The van der Waals surface area contributed by atoms with Gasteiger partial charge in [-0.2, -0.15) is 4.98 Å². The van der Waals surface area contributed by atoms with E-state index in [1.165, 1.54) is 38.5 Å². The third-order valence-corrected chi connectivity index (χ3v) is 8.29. The number of carbonyl (C=O) groups is 1. The highest BCUT2D eigenvalue weighted by Gasteiger charge is 2.51. The largest absolute Gasteiger partial charge is 0.342 e. The van der Waals surface area contributed by atoms with Gasteiger partial charge >= 0.3 is 0 Å². The number of amides is 1. The smallest absolute Gasteiger partial charge is 0.227 e. The van der Waals surface area contributed by atoms with Gasteiger partial charge in [0.15, 0.2) is 0 Å². The van der Waals surface area contributed by atoms with Gasteiger partial charge in [-0.05, 0) is 80.5 Å². The van der Waals surface area contributed by atoms with Crippen molar-refractivity contribution in [3.8, 4) is 11.5 Å². The lowest BCUT2D eigenvalue weighted by atomic mass is 9.49. The van der Waals surface area contributed by atoms with Gasteiger partial charge in [0.2, 0.25) is 17.6 Å². The third-order valence-electron chi connectivity index (χ3n) is 8.29. The highest BCUT2D eigenvalue weighted by molar-refractivity contribution is 5.77. The molecule has 1 aliphatic heterocycles. The Labute approximate surface area is 183 Å². The average Bonchev–Trinajstić information content (AvgIpc) is 3.22. The number of rotatable bonds is 5. The summed E-state index contributed by atoms with van der Waals surface area (Å²) in [7, 11) is 0. The van der Waals surface area contributed by atoms with E-state index in [9.17, 15) is 4.79 Å². The first kappa shape index (κ1) is 19.4. The van der Waals surface area contributed by atoms with Crippen molar-refractivity contribution >= 4 is 5.91 Å². The van der Waals surface area contributed by atoms with E-state index in [-0.39, 0.29) is 0 Å². The van der Waals surface area contributed by atoms with Crippen molar-refractivity contribution in [2.24, 2.45) is 29.1 Å². The zero-order chi connectivity index (χ0) is 20.8. The highest BCUT2D eigenvalue weighted by atomic mass is 16.5. The number of likely N-dealkylation sites (tertiary alicyclic amines) is 1. The molecule has 164 valence electrons. The fourth-order valence-electron chi connectivity index (χ4n) is 7.50. The Morgan fingerprint density at radius 2 is 1.90 bits per heavy atom. The van der Waals surface area contributed by atoms with Crippen molar-refractivity contribution in [3.63, 3.8) is 0 Å². The second kappa shape index (κ2) is 7.68. The fraction of sp³-hybridized carbons (Fsp3) is 0.708. The zero-order valence-corrected chi connectivity index (χ0v) is 18.1. The molecule has 1 atom stereocenters. The van der Waals surface area contributed by atoms with Crippen LogP contribution < -0.4 is 0 Å². The summed E-state index contributed by atoms with van der Waals surface area (Å²) >= 11 is 0. The Kier molecular flexibility index (Phi) is 4.80. The van der Waals surface area contributed by atoms with Gasteiger partial charge < -0.3 is 9.42 Å². The molecule has 2 aromatic rings. The molecule has 1 amide bonds. The molecule has 7 nitrogen and oxygen atoms in total. The number of carbonyl (C=O) groups excluding carboxylic acids is 1. The second-order valence-corrected chi connectivity index (χ2v) is 10.7. The van der Waals surface area contributed by atoms with Crippen molar-refractivity contribution in [2.45, 2.75) is 64.2 Å². The lowest BCUT2D eigenvalue weighted by Gasteiger charge is -2.57. The molecule has 4 bridgehead atoms. The normalized spacial score (nSPS) is 34.3. The molecule has 4 aliphatic carbocycles. The quantitative estimate of drug-likeness (QED) is 0.728. The van der Waals surface area contributed by atoms with E-state index < -0.39 is 0 Å². The van der Waals surface area contributed by atoms with Crippen LogP contribution in [0.1, 0.15) is 63.7 Å². The van der Waals surface area contributed by atoms with E-state index in [0.29, 0.717) is 41.1 Å². The number of aromatic nitrogens is 4. The van der Waals surface area contributed by atoms with E-state index in [4.69, 9.17) is 4.52 Å². The Morgan fingerprint density at radius 3 is 2.61 bits per heavy atom. The van der Waals surface area contributed by atoms with Gasteiger partial charge in [-0.3, -0.25) is 9.78 Å². The molecule has 3 heterocycles. The van der Waals surface area contributed by atoms with Crippen molar-refractivity contribution in [1.29, 1.82) is 0 Å². The second-order valence-electron chi connectivity index (χ2n) is 10.7. The summed E-state index contributed by atoms with van der Waals surface area (Å²) < 4.78 is 5.48. The van der Waals surface area contributed by atoms with E-state index in [2.05, 4.69) is 25.0 Å². The topological polar surface area (TPSA) is 85.0 Å². The molecule has 0 N–H and O–H groups in total. The van der Waals surface area contributed by atoms with Gasteiger partial charge in [-0.1, -0.05) is 5.16 Å². The Morgan fingerprint density at radius 1 is 1.13 bits per heavy atom. The van der Waals surface area contributed by atoms with Crippen LogP contribution in [0.25, 0.3) is 11.5 Å². The zero-order valence-electron chi connectivity index (χ0n) is 18.1. The van der Waals surface area contributed by atoms with E-state index in [0.717, 1.165) is 50.1 Å². The van der Waals surface area contributed by atoms with Crippen LogP contribution in [0.4, 0.5) is 0 Å². The first-order valence-electron chi connectivity index (χ1n) is 12.0. The highest BCUT2D eigenvalue weighted by Crippen LogP contribution is 2.61. The Hall–Kier alpha value is -2.31. The summed E-state index contributed by atoms with van der Waals surface area (Å²) in [6, 6.07) is 0. The first-order valence-corrected chi connectivity index (χ1v) is 12.0. The summed E-state index contributed by atoms with van der Waals surface area (Å²) in [5, 5.41) is 4.06. The summed E-state index contributed by atoms with van der Waals surface area (Å²) in [4.78, 5) is 28.3. The summed E-state index contributed by atoms with van der Waals surface area (Å²) in [5.41, 5.74) is 0.935. The molecule has 0 aromatic carbocycles. The third kappa shape index (κ3) is 3.87. The maximum atomic E-state index is 13.3. The molecule has 0 spiro atoms. The molecule has 7 heteroatoms. The average molecular weight is 422 g/mol. The van der Waals surface area contributed by atoms with Gasteiger partial charge in [0.25, 0.3) is 0 Å². The molecule has 4 saturated carbocycles. The molecule has 1 unspecified atom stereocenters. The van der Waals surface area contributed by atoms with Gasteiger partial charge in [-0.15, -0.1) is 0 Å². The fourth-order valence-corrected chi connectivity index (χ4v) is 7.50. The summed E-state index contributed by atoms with van der Waals surface area (Å²) in [6.45, 7) is 1.71. The van der Waals surface area contributed by atoms with Gasteiger partial charge in [-0.25, -0.2) is 4.98 Å². The van der Waals surface area contributed by atoms with Crippen LogP contribution in [0.15, 0.2) is 23.1 Å². The van der Waals surface area contributed by atoms with Crippen LogP contribution >= 0.6 is 0 Å². The lowest BCUT2D eigenvalue weighted by Crippen LogP contribution is -2.49. The van der Waals surface area contributed by atoms with Crippen LogP contribution in [0.3, 0.4) is 0 Å². The van der Waals surface area contributed by atoms with Crippen molar-refractivity contribution < 1.29 is 9.32 Å². The van der Waals surface area contributed by atoms with Crippen LogP contribution in [0.5, 0.6) is 0 Å². The maximum absolute atomic E-state index is 13.3. The first-order chi connectivity index (χ1) is 15.1. The predicted molar refractivity (Wildman–Crippen MR) is 114 cm³/mol. The van der Waals surface area contributed by atoms with Crippen molar-refractivity contribution in [1.82, 2.24) is 25.0 Å². The minimum absolute atomic E-state index is 0.316. The van der Waals surface area contributed by atoms with Crippen LogP contribution in [0.2, 0.25) is 0 Å². The van der Waals surface area contributed by atoms with E-state index in [1.54, 1.807) is 18.6 Å². The summed E-state index contributed by atoms with van der Waals surface area (Å²) in [5.74, 6) is 4.56. The van der Waals surface area contributed by atoms with Crippen LogP contribution in [-0.2, 0) is 11.2 Å². The molecular formula is C24H31N5O2. The molecule has 5 aliphatic rings. The molecule has 1 saturated heterocycles. The van der Waals surface area contributed by atoms with Crippen molar-refractivity contribution in [2.75, 3.05) is 13.1 Å². The molecule has 7 rings (SSSR count). The minimum Gasteiger partial charge on any atom is -0.342 e. The predicted octanol–water partition coefficient (Wildman–Crippen LogP) is 3.91. The maximum Gasteiger partial charge on any atom is 0.227 e. The number of piperidine rings is 1. The standard InChI is InChI=1S/C24H31N5O2/c30-22(13-24-10-17-6-18(11-24)8-19(7-17)12-24)29-5-1-2-16(15-29)9-21-27-23(28-31-21)20-14-25-3-4-26-20/h3-4,14,16-19H,1-2,5-13,15H2. The Balaban J connectivity index is 1.08. The molecule has 0 radical (unpaired) electrons. The molecular weight excluding hydrogens is 390 g/mol.